The zero-order valence-corrected chi connectivity index (χ0v) is 19.6. The van der Waals surface area contributed by atoms with Gasteiger partial charge in [-0.25, -0.2) is 13.4 Å². The predicted molar refractivity (Wildman–Crippen MR) is 129 cm³/mol. The number of rotatable bonds is 11. The van der Waals surface area contributed by atoms with Crippen LogP contribution >= 0.6 is 0 Å². The normalized spacial score (nSPS) is 11.2. The molecule has 0 atom stereocenters. The molecule has 3 rings (SSSR count). The van der Waals surface area contributed by atoms with E-state index in [0.717, 1.165) is 54.0 Å². The summed E-state index contributed by atoms with van der Waals surface area (Å²) in [5, 5.41) is 0. The number of nitrogens with one attached hydrogen (secondary N) is 1. The molecule has 0 saturated carbocycles. The van der Waals surface area contributed by atoms with Gasteiger partial charge in [0.1, 0.15) is 12.4 Å². The van der Waals surface area contributed by atoms with E-state index >= 15 is 0 Å². The molecule has 0 aliphatic heterocycles. The van der Waals surface area contributed by atoms with Crippen molar-refractivity contribution in [2.45, 2.75) is 12.8 Å². The summed E-state index contributed by atoms with van der Waals surface area (Å²) in [7, 11) is -1.60. The zero-order valence-electron chi connectivity index (χ0n) is 18.8. The van der Waals surface area contributed by atoms with Crippen molar-refractivity contribution in [3.63, 3.8) is 0 Å². The van der Waals surface area contributed by atoms with Gasteiger partial charge in [-0.3, -0.25) is 14.5 Å². The Balaban J connectivity index is 1.60. The number of carbonyl (C=O) groups is 1. The van der Waals surface area contributed by atoms with Gasteiger partial charge < -0.3 is 9.64 Å². The third-order valence-corrected chi connectivity index (χ3v) is 5.41. The molecule has 0 aliphatic rings. The molecule has 0 aliphatic carbocycles. The van der Waals surface area contributed by atoms with Gasteiger partial charge in [-0.15, -0.1) is 0 Å². The molecule has 1 amide bonds. The highest BCUT2D eigenvalue weighted by Gasteiger charge is 2.14. The number of benzene rings is 2. The van der Waals surface area contributed by atoms with Crippen LogP contribution in [0.1, 0.15) is 12.8 Å². The van der Waals surface area contributed by atoms with Crippen molar-refractivity contribution in [2.75, 3.05) is 38.0 Å². The number of hydrogen-bond acceptors (Lipinski definition) is 7. The molecule has 1 aromatic heterocycles. The second kappa shape index (κ2) is 11.5. The minimum absolute atomic E-state index is 0.282. The maximum atomic E-state index is 11.4. The quantitative estimate of drug-likeness (QED) is 0.432. The Bertz CT molecular complexity index is 1160. The summed E-state index contributed by atoms with van der Waals surface area (Å²) >= 11 is 0. The Morgan fingerprint density at radius 2 is 1.58 bits per heavy atom. The summed E-state index contributed by atoms with van der Waals surface area (Å²) in [4.78, 5) is 23.1. The topological polar surface area (TPSA) is 101 Å². The van der Waals surface area contributed by atoms with Crippen LogP contribution in [-0.4, -0.2) is 57.4 Å². The van der Waals surface area contributed by atoms with Crippen molar-refractivity contribution >= 4 is 21.7 Å². The fraction of sp³-hybridized carbons (Fsp3) is 0.292. The number of hydrogen-bond donors (Lipinski definition) is 1. The molecule has 0 unspecified atom stereocenters. The smallest absolute Gasteiger partial charge is 0.259 e. The van der Waals surface area contributed by atoms with Gasteiger partial charge in [0, 0.05) is 31.3 Å². The van der Waals surface area contributed by atoms with E-state index in [9.17, 15) is 13.2 Å². The van der Waals surface area contributed by atoms with Gasteiger partial charge >= 0.3 is 0 Å². The number of sulfonamides is 1. The lowest BCUT2D eigenvalue weighted by molar-refractivity contribution is -0.123. The molecule has 0 saturated heterocycles. The summed E-state index contributed by atoms with van der Waals surface area (Å²) in [6, 6.07) is 20.0. The maximum absolute atomic E-state index is 11.4. The van der Waals surface area contributed by atoms with E-state index in [4.69, 9.17) is 14.7 Å². The SMILES string of the molecule is CN(CCCCOCC(=O)NS(C)(=O)=O)c1cnc(-c2ccccc2)c(-c2ccccc2)n1. The maximum Gasteiger partial charge on any atom is 0.259 e. The molecule has 3 aromatic rings. The van der Waals surface area contributed by atoms with E-state index < -0.39 is 15.9 Å². The molecule has 1 N–H and O–H groups in total. The summed E-state index contributed by atoms with van der Waals surface area (Å²) < 4.78 is 29.1. The number of nitrogens with zero attached hydrogens (tertiary/aromatic N) is 3. The Morgan fingerprint density at radius 1 is 0.970 bits per heavy atom. The summed E-state index contributed by atoms with van der Waals surface area (Å²) in [5.74, 6) is 0.0961. The largest absolute Gasteiger partial charge is 0.372 e. The third-order valence-electron chi connectivity index (χ3n) is 4.81. The summed E-state index contributed by atoms with van der Waals surface area (Å²) in [6.07, 6.45) is 4.24. The van der Waals surface area contributed by atoms with Crippen molar-refractivity contribution in [3.05, 3.63) is 66.9 Å². The van der Waals surface area contributed by atoms with Crippen LogP contribution in [0.15, 0.2) is 66.9 Å². The molecule has 9 heteroatoms. The van der Waals surface area contributed by atoms with Gasteiger partial charge in [0.25, 0.3) is 5.91 Å². The Labute approximate surface area is 194 Å². The molecule has 2 aromatic carbocycles. The van der Waals surface area contributed by atoms with Crippen LogP contribution in [0.5, 0.6) is 0 Å². The van der Waals surface area contributed by atoms with Crippen LogP contribution < -0.4 is 9.62 Å². The van der Waals surface area contributed by atoms with Crippen LogP contribution in [0.25, 0.3) is 22.5 Å². The number of unbranched alkanes of at least 4 members (excludes halogenated alkanes) is 1. The van der Waals surface area contributed by atoms with Gasteiger partial charge in [0.2, 0.25) is 10.0 Å². The molecular weight excluding hydrogens is 440 g/mol. The second-order valence-corrected chi connectivity index (χ2v) is 9.38. The molecule has 174 valence electrons. The molecule has 0 radical (unpaired) electrons. The molecule has 1 heterocycles. The zero-order chi connectivity index (χ0) is 23.7. The van der Waals surface area contributed by atoms with Gasteiger partial charge in [0.05, 0.1) is 23.8 Å². The molecule has 0 fully saturated rings. The van der Waals surface area contributed by atoms with Gasteiger partial charge in [-0.2, -0.15) is 0 Å². The monoisotopic (exact) mass is 468 g/mol. The first-order chi connectivity index (χ1) is 15.8. The number of ether oxygens (including phenoxy) is 1. The highest BCUT2D eigenvalue weighted by molar-refractivity contribution is 7.89. The lowest BCUT2D eigenvalue weighted by Gasteiger charge is -2.20. The lowest BCUT2D eigenvalue weighted by atomic mass is 10.0. The van der Waals surface area contributed by atoms with Crippen LogP contribution in [0.3, 0.4) is 0 Å². The number of carbonyl (C=O) groups excluding carboxylic acids is 1. The summed E-state index contributed by atoms with van der Waals surface area (Å²) in [6.45, 7) is 0.807. The molecule has 8 nitrogen and oxygen atoms in total. The van der Waals surface area contributed by atoms with E-state index in [0.29, 0.717) is 6.61 Å². The first-order valence-electron chi connectivity index (χ1n) is 10.6. The van der Waals surface area contributed by atoms with Crippen molar-refractivity contribution < 1.29 is 17.9 Å². The molecule has 0 bridgehead atoms. The van der Waals surface area contributed by atoms with Crippen molar-refractivity contribution in [3.8, 4) is 22.5 Å². The predicted octanol–water partition coefficient (Wildman–Crippen LogP) is 3.12. The van der Waals surface area contributed by atoms with Crippen LogP contribution in [0.4, 0.5) is 5.82 Å². The molecule has 33 heavy (non-hydrogen) atoms. The number of amides is 1. The minimum atomic E-state index is -3.56. The Morgan fingerprint density at radius 3 is 2.18 bits per heavy atom. The third kappa shape index (κ3) is 7.65. The van der Waals surface area contributed by atoms with Crippen LogP contribution in [0.2, 0.25) is 0 Å². The fourth-order valence-electron chi connectivity index (χ4n) is 3.24. The minimum Gasteiger partial charge on any atom is -0.372 e. The number of anilines is 1. The van der Waals surface area contributed by atoms with Crippen LogP contribution in [0, 0.1) is 0 Å². The van der Waals surface area contributed by atoms with E-state index in [-0.39, 0.29) is 6.61 Å². The average molecular weight is 469 g/mol. The first kappa shape index (κ1) is 24.3. The second-order valence-electron chi connectivity index (χ2n) is 7.64. The van der Waals surface area contributed by atoms with Gasteiger partial charge in [-0.1, -0.05) is 60.7 Å². The highest BCUT2D eigenvalue weighted by atomic mass is 32.2. The first-order valence-corrected chi connectivity index (χ1v) is 12.5. The van der Waals surface area contributed by atoms with Crippen molar-refractivity contribution in [1.29, 1.82) is 0 Å². The van der Waals surface area contributed by atoms with E-state index in [1.807, 2.05) is 77.3 Å². The fourth-order valence-corrected chi connectivity index (χ4v) is 3.71. The molecular formula is C24H28N4O4S. The van der Waals surface area contributed by atoms with Crippen molar-refractivity contribution in [2.24, 2.45) is 0 Å². The Kier molecular flexibility index (Phi) is 8.51. The van der Waals surface area contributed by atoms with E-state index in [1.54, 1.807) is 6.20 Å². The van der Waals surface area contributed by atoms with E-state index in [2.05, 4.69) is 0 Å². The van der Waals surface area contributed by atoms with Crippen molar-refractivity contribution in [1.82, 2.24) is 14.7 Å². The summed E-state index contributed by atoms with van der Waals surface area (Å²) in [5.41, 5.74) is 3.67. The van der Waals surface area contributed by atoms with E-state index in [1.165, 1.54) is 0 Å². The lowest BCUT2D eigenvalue weighted by Crippen LogP contribution is -2.32. The molecule has 0 spiro atoms. The number of aromatic nitrogens is 2. The van der Waals surface area contributed by atoms with Gasteiger partial charge in [0.15, 0.2) is 0 Å². The van der Waals surface area contributed by atoms with Gasteiger partial charge in [-0.05, 0) is 12.8 Å². The van der Waals surface area contributed by atoms with Crippen LogP contribution in [-0.2, 0) is 19.6 Å². The average Bonchev–Trinajstić information content (AvgIpc) is 2.81. The highest BCUT2D eigenvalue weighted by Crippen LogP contribution is 2.30. The Hall–Kier alpha value is -3.30. The standard InChI is InChI=1S/C24H28N4O4S/c1-28(15-9-10-16-32-18-22(29)27-33(2,30)31)21-17-25-23(19-11-5-3-6-12-19)24(26-21)20-13-7-4-8-14-20/h3-8,11-14,17H,9-10,15-16,18H2,1-2H3,(H,27,29).